The molecule has 0 aliphatic heterocycles. The van der Waals surface area contributed by atoms with Crippen LogP contribution in [0.25, 0.3) is 0 Å². The Morgan fingerprint density at radius 3 is 2.47 bits per heavy atom. The van der Waals surface area contributed by atoms with Gasteiger partial charge >= 0.3 is 0 Å². The Balaban J connectivity index is 2.91. The van der Waals surface area contributed by atoms with Crippen molar-refractivity contribution in [3.8, 4) is 0 Å². The molecule has 0 radical (unpaired) electrons. The van der Waals surface area contributed by atoms with Crippen molar-refractivity contribution in [1.82, 2.24) is 4.31 Å². The van der Waals surface area contributed by atoms with Gasteiger partial charge in [0.15, 0.2) is 0 Å². The number of oxime groups is 1. The van der Waals surface area contributed by atoms with Gasteiger partial charge in [-0.3, -0.25) is 0 Å². The number of benzene rings is 1. The molecule has 1 aromatic rings. The molecule has 106 valence electrons. The number of amidine groups is 1. The molecule has 3 N–H and O–H groups in total. The van der Waals surface area contributed by atoms with E-state index in [1.165, 1.54) is 19.2 Å². The molecule has 0 bridgehead atoms. The van der Waals surface area contributed by atoms with Gasteiger partial charge in [-0.1, -0.05) is 12.1 Å². The van der Waals surface area contributed by atoms with Gasteiger partial charge in [0.25, 0.3) is 0 Å². The van der Waals surface area contributed by atoms with Crippen LogP contribution in [0.5, 0.6) is 0 Å². The zero-order valence-corrected chi connectivity index (χ0v) is 11.4. The SMILES string of the molecule is CC(CN(C)S(=O)(=O)c1ccc(F)cc1)/C(N)=N/O. The molecular weight excluding hydrogens is 273 g/mol. The van der Waals surface area contributed by atoms with E-state index in [9.17, 15) is 12.8 Å². The first-order chi connectivity index (χ1) is 8.78. The minimum absolute atomic E-state index is 0.0110. The largest absolute Gasteiger partial charge is 0.409 e. The van der Waals surface area contributed by atoms with Crippen molar-refractivity contribution in [3.05, 3.63) is 30.1 Å². The Morgan fingerprint density at radius 2 is 2.00 bits per heavy atom. The molecule has 6 nitrogen and oxygen atoms in total. The van der Waals surface area contributed by atoms with Crippen LogP contribution in [0.3, 0.4) is 0 Å². The zero-order chi connectivity index (χ0) is 14.6. The maximum Gasteiger partial charge on any atom is 0.242 e. The summed E-state index contributed by atoms with van der Waals surface area (Å²) in [6.45, 7) is 1.68. The molecule has 1 aromatic carbocycles. The summed E-state index contributed by atoms with van der Waals surface area (Å²) >= 11 is 0. The predicted molar refractivity (Wildman–Crippen MR) is 68.8 cm³/mol. The van der Waals surface area contributed by atoms with Gasteiger partial charge < -0.3 is 10.9 Å². The second-order valence-corrected chi connectivity index (χ2v) is 6.21. The summed E-state index contributed by atoms with van der Waals surface area (Å²) in [5, 5.41) is 11.4. The molecule has 0 fully saturated rings. The third-order valence-electron chi connectivity index (χ3n) is 2.67. The third kappa shape index (κ3) is 3.65. The van der Waals surface area contributed by atoms with E-state index in [2.05, 4.69) is 5.16 Å². The van der Waals surface area contributed by atoms with Crippen molar-refractivity contribution in [1.29, 1.82) is 0 Å². The molecule has 19 heavy (non-hydrogen) atoms. The molecule has 1 unspecified atom stereocenters. The number of nitrogens with two attached hydrogens (primary N) is 1. The molecule has 0 amide bonds. The van der Waals surface area contributed by atoms with Gasteiger partial charge in [0.2, 0.25) is 10.0 Å². The highest BCUT2D eigenvalue weighted by Gasteiger charge is 2.23. The summed E-state index contributed by atoms with van der Waals surface area (Å²) in [4.78, 5) is -0.0110. The normalized spacial score (nSPS) is 14.6. The second-order valence-electron chi connectivity index (χ2n) is 4.17. The van der Waals surface area contributed by atoms with Gasteiger partial charge in [0.1, 0.15) is 11.7 Å². The average Bonchev–Trinajstić information content (AvgIpc) is 2.38. The van der Waals surface area contributed by atoms with Crippen molar-refractivity contribution >= 4 is 15.9 Å². The van der Waals surface area contributed by atoms with E-state index in [1.54, 1.807) is 6.92 Å². The molecule has 0 aliphatic rings. The number of halogens is 1. The van der Waals surface area contributed by atoms with Crippen LogP contribution in [0, 0.1) is 11.7 Å². The molecule has 1 atom stereocenters. The highest BCUT2D eigenvalue weighted by Crippen LogP contribution is 2.16. The number of hydrogen-bond donors (Lipinski definition) is 2. The molecule has 0 saturated carbocycles. The first-order valence-corrected chi connectivity index (χ1v) is 6.92. The van der Waals surface area contributed by atoms with Gasteiger partial charge in [-0.15, -0.1) is 0 Å². The van der Waals surface area contributed by atoms with Crippen LogP contribution in [-0.2, 0) is 10.0 Å². The summed E-state index contributed by atoms with van der Waals surface area (Å²) in [5.41, 5.74) is 5.40. The second kappa shape index (κ2) is 5.98. The summed E-state index contributed by atoms with van der Waals surface area (Å²) in [6.07, 6.45) is 0. The van der Waals surface area contributed by atoms with E-state index in [1.807, 2.05) is 0 Å². The molecule has 0 aromatic heterocycles. The monoisotopic (exact) mass is 289 g/mol. The van der Waals surface area contributed by atoms with Crippen LogP contribution in [0.15, 0.2) is 34.3 Å². The first kappa shape index (κ1) is 15.4. The van der Waals surface area contributed by atoms with E-state index in [4.69, 9.17) is 10.9 Å². The maximum atomic E-state index is 12.8. The van der Waals surface area contributed by atoms with Crippen molar-refractivity contribution in [2.24, 2.45) is 16.8 Å². The van der Waals surface area contributed by atoms with Crippen LogP contribution in [-0.4, -0.2) is 37.4 Å². The third-order valence-corrected chi connectivity index (χ3v) is 4.51. The molecule has 0 spiro atoms. The Hall–Kier alpha value is -1.67. The van der Waals surface area contributed by atoms with E-state index in [-0.39, 0.29) is 17.3 Å². The lowest BCUT2D eigenvalue weighted by molar-refractivity contribution is 0.312. The minimum atomic E-state index is -3.72. The molecule has 0 saturated heterocycles. The highest BCUT2D eigenvalue weighted by atomic mass is 32.2. The van der Waals surface area contributed by atoms with E-state index in [0.29, 0.717) is 0 Å². The fraction of sp³-hybridized carbons (Fsp3) is 0.364. The fourth-order valence-corrected chi connectivity index (χ4v) is 2.72. The lowest BCUT2D eigenvalue weighted by Crippen LogP contribution is -2.36. The van der Waals surface area contributed by atoms with Crippen LogP contribution in [0.4, 0.5) is 4.39 Å². The van der Waals surface area contributed by atoms with Crippen LogP contribution < -0.4 is 5.73 Å². The lowest BCUT2D eigenvalue weighted by atomic mass is 10.2. The smallest absolute Gasteiger partial charge is 0.242 e. The van der Waals surface area contributed by atoms with Crippen LogP contribution in [0.1, 0.15) is 6.92 Å². The predicted octanol–water partition coefficient (Wildman–Crippen LogP) is 0.829. The minimum Gasteiger partial charge on any atom is -0.409 e. The highest BCUT2D eigenvalue weighted by molar-refractivity contribution is 7.89. The van der Waals surface area contributed by atoms with Gasteiger partial charge in [-0.2, -0.15) is 0 Å². The molecular formula is C11H16FN3O3S. The van der Waals surface area contributed by atoms with E-state index in [0.717, 1.165) is 16.4 Å². The topological polar surface area (TPSA) is 96.0 Å². The Kier molecular flexibility index (Phi) is 4.84. The Morgan fingerprint density at radius 1 is 1.47 bits per heavy atom. The number of nitrogens with zero attached hydrogens (tertiary/aromatic N) is 2. The van der Waals surface area contributed by atoms with Crippen molar-refractivity contribution < 1.29 is 18.0 Å². The fourth-order valence-electron chi connectivity index (χ4n) is 1.46. The number of sulfonamides is 1. The van der Waals surface area contributed by atoms with Crippen molar-refractivity contribution in [2.75, 3.05) is 13.6 Å². The maximum absolute atomic E-state index is 12.8. The summed E-state index contributed by atoms with van der Waals surface area (Å²) in [6, 6.07) is 4.53. The van der Waals surface area contributed by atoms with Gasteiger partial charge in [-0.05, 0) is 24.3 Å². The molecule has 0 aliphatic carbocycles. The standard InChI is InChI=1S/C11H16FN3O3S/c1-8(11(13)14-16)7-15(2)19(17,18)10-5-3-9(12)4-6-10/h3-6,8,16H,7H2,1-2H3,(H2,13,14). The quantitative estimate of drug-likeness (QED) is 0.363. The summed E-state index contributed by atoms with van der Waals surface area (Å²) in [5.74, 6) is -1.00. The van der Waals surface area contributed by atoms with Gasteiger partial charge in [-0.25, -0.2) is 17.1 Å². The Labute approximate surface area is 111 Å². The van der Waals surface area contributed by atoms with Crippen LogP contribution in [0.2, 0.25) is 0 Å². The van der Waals surface area contributed by atoms with Crippen molar-refractivity contribution in [2.45, 2.75) is 11.8 Å². The molecule has 0 heterocycles. The van der Waals surface area contributed by atoms with Gasteiger partial charge in [0, 0.05) is 19.5 Å². The zero-order valence-electron chi connectivity index (χ0n) is 10.6. The van der Waals surface area contributed by atoms with Crippen molar-refractivity contribution in [3.63, 3.8) is 0 Å². The number of rotatable bonds is 5. The summed E-state index contributed by atoms with van der Waals surface area (Å²) < 4.78 is 38.1. The summed E-state index contributed by atoms with van der Waals surface area (Å²) in [7, 11) is -2.34. The number of hydrogen-bond acceptors (Lipinski definition) is 4. The van der Waals surface area contributed by atoms with E-state index >= 15 is 0 Å². The molecule has 1 rings (SSSR count). The first-order valence-electron chi connectivity index (χ1n) is 5.48. The van der Waals surface area contributed by atoms with Crippen LogP contribution >= 0.6 is 0 Å². The average molecular weight is 289 g/mol. The lowest BCUT2D eigenvalue weighted by Gasteiger charge is -2.20. The molecule has 8 heteroatoms. The Bertz CT molecular complexity index is 557. The van der Waals surface area contributed by atoms with E-state index < -0.39 is 21.8 Å². The van der Waals surface area contributed by atoms with Gasteiger partial charge in [0.05, 0.1) is 4.90 Å².